The quantitative estimate of drug-likeness (QED) is 0.503. The van der Waals surface area contributed by atoms with E-state index in [1.807, 2.05) is 72.4 Å². The Bertz CT molecular complexity index is 1070. The summed E-state index contributed by atoms with van der Waals surface area (Å²) in [5.74, 6) is -0.199. The van der Waals surface area contributed by atoms with Crippen LogP contribution in [0.5, 0.6) is 0 Å². The number of H-pyrrole nitrogens is 1. The van der Waals surface area contributed by atoms with Gasteiger partial charge in [-0.2, -0.15) is 5.10 Å². The summed E-state index contributed by atoms with van der Waals surface area (Å²) in [6.07, 6.45) is 3.99. The molecule has 5 nitrogen and oxygen atoms in total. The molecule has 0 aliphatic rings. The van der Waals surface area contributed by atoms with E-state index in [1.165, 1.54) is 0 Å². The van der Waals surface area contributed by atoms with Crippen LogP contribution in [0.25, 0.3) is 16.9 Å². The second-order valence-electron chi connectivity index (χ2n) is 6.55. The molecule has 2 aromatic carbocycles. The van der Waals surface area contributed by atoms with Crippen molar-refractivity contribution < 1.29 is 4.79 Å². The van der Waals surface area contributed by atoms with Crippen LogP contribution in [-0.2, 0) is 0 Å². The van der Waals surface area contributed by atoms with Crippen molar-refractivity contribution >= 4 is 17.5 Å². The topological polar surface area (TPSA) is 62.7 Å². The molecule has 0 fully saturated rings. The number of rotatable bonds is 5. The number of benzene rings is 2. The van der Waals surface area contributed by atoms with Gasteiger partial charge in [0.1, 0.15) is 5.69 Å². The number of nitrogens with one attached hydrogen (secondary N) is 2. The lowest BCUT2D eigenvalue weighted by Gasteiger charge is -2.14. The fraction of sp³-hybridized carbons (Fsp3) is 0.0909. The summed E-state index contributed by atoms with van der Waals surface area (Å²) in [6, 6.07) is 21.0. The van der Waals surface area contributed by atoms with Crippen molar-refractivity contribution in [2.45, 2.75) is 13.0 Å². The number of hydrogen-bond acceptors (Lipinski definition) is 2. The Balaban J connectivity index is 1.44. The number of aromatic amines is 1. The van der Waals surface area contributed by atoms with Crippen LogP contribution in [0.4, 0.5) is 0 Å². The summed E-state index contributed by atoms with van der Waals surface area (Å²) in [4.78, 5) is 12.6. The Morgan fingerprint density at radius 2 is 1.75 bits per heavy atom. The number of hydrogen-bond donors (Lipinski definition) is 2. The Labute approximate surface area is 168 Å². The van der Waals surface area contributed by atoms with E-state index in [4.69, 9.17) is 11.6 Å². The molecule has 28 heavy (non-hydrogen) atoms. The molecule has 2 N–H and O–H groups in total. The predicted octanol–water partition coefficient (Wildman–Crippen LogP) is 5.01. The van der Waals surface area contributed by atoms with Crippen LogP contribution in [0.2, 0.25) is 5.02 Å². The fourth-order valence-electron chi connectivity index (χ4n) is 3.01. The van der Waals surface area contributed by atoms with E-state index in [2.05, 4.69) is 15.5 Å². The predicted molar refractivity (Wildman–Crippen MR) is 111 cm³/mol. The molecule has 0 saturated carbocycles. The van der Waals surface area contributed by atoms with E-state index in [-0.39, 0.29) is 11.9 Å². The highest BCUT2D eigenvalue weighted by Crippen LogP contribution is 2.21. The maximum atomic E-state index is 12.6. The second-order valence-corrected chi connectivity index (χ2v) is 6.99. The van der Waals surface area contributed by atoms with Gasteiger partial charge in [-0.1, -0.05) is 35.9 Å². The van der Waals surface area contributed by atoms with Crippen LogP contribution >= 0.6 is 11.6 Å². The highest BCUT2D eigenvalue weighted by Gasteiger charge is 2.15. The van der Waals surface area contributed by atoms with Gasteiger partial charge in [0.15, 0.2) is 0 Å². The molecule has 2 heterocycles. The number of aromatic nitrogens is 3. The summed E-state index contributed by atoms with van der Waals surface area (Å²) in [7, 11) is 0. The summed E-state index contributed by atoms with van der Waals surface area (Å²) >= 11 is 5.92. The SMILES string of the molecule is CC(NC(=O)c1cc(-c2ccc(Cl)cc2)n[nH]1)c1ccc(-n2cccc2)cc1. The molecule has 0 radical (unpaired) electrons. The third-order valence-corrected chi connectivity index (χ3v) is 4.86. The zero-order valence-electron chi connectivity index (χ0n) is 15.3. The van der Waals surface area contributed by atoms with E-state index in [1.54, 1.807) is 18.2 Å². The van der Waals surface area contributed by atoms with Crippen molar-refractivity contribution in [1.29, 1.82) is 0 Å². The third-order valence-electron chi connectivity index (χ3n) is 4.61. The molecule has 0 saturated heterocycles. The highest BCUT2D eigenvalue weighted by atomic mass is 35.5. The van der Waals surface area contributed by atoms with Crippen molar-refractivity contribution in [3.05, 3.63) is 95.4 Å². The lowest BCUT2D eigenvalue weighted by atomic mass is 10.1. The van der Waals surface area contributed by atoms with E-state index >= 15 is 0 Å². The molecule has 0 aliphatic heterocycles. The molecule has 1 atom stereocenters. The maximum Gasteiger partial charge on any atom is 0.269 e. The van der Waals surface area contributed by atoms with E-state index in [0.717, 1.165) is 16.8 Å². The van der Waals surface area contributed by atoms with Crippen LogP contribution in [0.3, 0.4) is 0 Å². The van der Waals surface area contributed by atoms with Gasteiger partial charge in [0.2, 0.25) is 0 Å². The van der Waals surface area contributed by atoms with E-state index < -0.39 is 0 Å². The van der Waals surface area contributed by atoms with Crippen molar-refractivity contribution in [3.8, 4) is 16.9 Å². The van der Waals surface area contributed by atoms with Gasteiger partial charge < -0.3 is 9.88 Å². The average molecular weight is 391 g/mol. The summed E-state index contributed by atoms with van der Waals surface area (Å²) < 4.78 is 2.04. The number of amides is 1. The Morgan fingerprint density at radius 3 is 2.43 bits per heavy atom. The minimum absolute atomic E-state index is 0.131. The zero-order valence-corrected chi connectivity index (χ0v) is 16.0. The molecule has 1 amide bonds. The zero-order chi connectivity index (χ0) is 19.5. The van der Waals surface area contributed by atoms with Crippen LogP contribution in [0, 0.1) is 0 Å². The fourth-order valence-corrected chi connectivity index (χ4v) is 3.13. The normalized spacial score (nSPS) is 11.9. The van der Waals surface area contributed by atoms with Gasteiger partial charge in [0.25, 0.3) is 5.91 Å². The molecule has 4 aromatic rings. The second kappa shape index (κ2) is 7.74. The molecule has 140 valence electrons. The summed E-state index contributed by atoms with van der Waals surface area (Å²) in [5.41, 5.74) is 4.12. The van der Waals surface area contributed by atoms with Crippen LogP contribution < -0.4 is 5.32 Å². The van der Waals surface area contributed by atoms with Gasteiger partial charge in [-0.15, -0.1) is 0 Å². The first-order valence-electron chi connectivity index (χ1n) is 8.96. The molecular formula is C22H19ClN4O. The lowest BCUT2D eigenvalue weighted by Crippen LogP contribution is -2.26. The van der Waals surface area contributed by atoms with Crippen molar-refractivity contribution in [2.24, 2.45) is 0 Å². The van der Waals surface area contributed by atoms with Gasteiger partial charge in [-0.25, -0.2) is 0 Å². The number of nitrogens with zero attached hydrogens (tertiary/aromatic N) is 2. The standard InChI is InChI=1S/C22H19ClN4O/c1-15(16-6-10-19(11-7-16)27-12-2-3-13-27)24-22(28)21-14-20(25-26-21)17-4-8-18(23)9-5-17/h2-15H,1H3,(H,24,28)(H,25,26). The molecule has 2 aromatic heterocycles. The smallest absolute Gasteiger partial charge is 0.269 e. The minimum atomic E-state index is -0.199. The highest BCUT2D eigenvalue weighted by molar-refractivity contribution is 6.30. The number of carbonyl (C=O) groups excluding carboxylic acids is 1. The average Bonchev–Trinajstić information content (AvgIpc) is 3.41. The first kappa shape index (κ1) is 18.1. The Hall–Kier alpha value is -3.31. The third kappa shape index (κ3) is 3.85. The monoisotopic (exact) mass is 390 g/mol. The Morgan fingerprint density at radius 1 is 1.07 bits per heavy atom. The number of carbonyl (C=O) groups is 1. The number of halogens is 1. The Kier molecular flexibility index (Phi) is 5.00. The molecule has 0 aliphatic carbocycles. The van der Waals surface area contributed by atoms with E-state index in [0.29, 0.717) is 16.4 Å². The van der Waals surface area contributed by atoms with E-state index in [9.17, 15) is 4.79 Å². The van der Waals surface area contributed by atoms with Crippen molar-refractivity contribution in [1.82, 2.24) is 20.1 Å². The first-order valence-corrected chi connectivity index (χ1v) is 9.33. The van der Waals surface area contributed by atoms with Crippen molar-refractivity contribution in [2.75, 3.05) is 0 Å². The lowest BCUT2D eigenvalue weighted by molar-refractivity contribution is 0.0935. The largest absolute Gasteiger partial charge is 0.344 e. The van der Waals surface area contributed by atoms with Crippen molar-refractivity contribution in [3.63, 3.8) is 0 Å². The molecule has 6 heteroatoms. The maximum absolute atomic E-state index is 12.6. The first-order chi connectivity index (χ1) is 13.6. The molecule has 4 rings (SSSR count). The summed E-state index contributed by atoms with van der Waals surface area (Å²) in [6.45, 7) is 1.96. The van der Waals surface area contributed by atoms with Gasteiger partial charge in [0, 0.05) is 28.7 Å². The van der Waals surface area contributed by atoms with Gasteiger partial charge in [-0.05, 0) is 55.0 Å². The van der Waals surface area contributed by atoms with Crippen LogP contribution in [0.15, 0.2) is 79.1 Å². The molecule has 0 bridgehead atoms. The molecule has 1 unspecified atom stereocenters. The summed E-state index contributed by atoms with van der Waals surface area (Å²) in [5, 5.41) is 10.7. The van der Waals surface area contributed by atoms with Gasteiger partial charge in [-0.3, -0.25) is 9.89 Å². The van der Waals surface area contributed by atoms with Gasteiger partial charge >= 0.3 is 0 Å². The van der Waals surface area contributed by atoms with Gasteiger partial charge in [0.05, 0.1) is 11.7 Å². The van der Waals surface area contributed by atoms with Crippen LogP contribution in [-0.4, -0.2) is 20.7 Å². The van der Waals surface area contributed by atoms with Crippen LogP contribution in [0.1, 0.15) is 29.0 Å². The minimum Gasteiger partial charge on any atom is -0.344 e. The molecular weight excluding hydrogens is 372 g/mol. The molecule has 0 spiro atoms.